The molecule has 3 heteroatoms. The number of hydrogen-bond donors (Lipinski definition) is 3. The van der Waals surface area contributed by atoms with Gasteiger partial charge >= 0.3 is 0 Å². The first kappa shape index (κ1) is 13.9. The summed E-state index contributed by atoms with van der Waals surface area (Å²) in [6.45, 7) is 3.42. The average molecular weight is 274 g/mol. The van der Waals surface area contributed by atoms with Gasteiger partial charge in [0.25, 0.3) is 0 Å². The Bertz CT molecular complexity index is 447. The number of para-hydroxylation sites is 1. The zero-order valence-electron chi connectivity index (χ0n) is 12.2. The first-order valence-corrected chi connectivity index (χ1v) is 8.04. The lowest BCUT2D eigenvalue weighted by atomic mass is 9.96. The van der Waals surface area contributed by atoms with Crippen molar-refractivity contribution in [1.82, 2.24) is 5.32 Å². The van der Waals surface area contributed by atoms with Crippen LogP contribution in [0.15, 0.2) is 18.2 Å². The molecule has 2 unspecified atom stereocenters. The highest BCUT2D eigenvalue weighted by molar-refractivity contribution is 5.59. The standard InChI is InChI=1S/C17H26N2O/c20-12-16-7-2-5-14(16)10-18-11-15-6-1-4-13-8-3-9-19-17(13)15/h1,4,6,14,16,18-20H,2-3,5,7-12H2. The van der Waals surface area contributed by atoms with Crippen LogP contribution in [-0.2, 0) is 13.0 Å². The molecule has 1 aromatic rings. The van der Waals surface area contributed by atoms with Crippen LogP contribution in [0.3, 0.4) is 0 Å². The Labute approximate surface area is 121 Å². The average Bonchev–Trinajstić information content (AvgIpc) is 2.95. The molecule has 3 rings (SSSR count). The third-order valence-corrected chi connectivity index (χ3v) is 4.93. The van der Waals surface area contributed by atoms with Crippen LogP contribution in [-0.4, -0.2) is 24.8 Å². The van der Waals surface area contributed by atoms with Crippen molar-refractivity contribution in [3.8, 4) is 0 Å². The molecule has 0 saturated heterocycles. The van der Waals surface area contributed by atoms with Crippen molar-refractivity contribution in [1.29, 1.82) is 0 Å². The molecule has 0 radical (unpaired) electrons. The van der Waals surface area contributed by atoms with Gasteiger partial charge in [0.15, 0.2) is 0 Å². The zero-order chi connectivity index (χ0) is 13.8. The fourth-order valence-corrected chi connectivity index (χ4v) is 3.74. The quantitative estimate of drug-likeness (QED) is 0.773. The second-order valence-electron chi connectivity index (χ2n) is 6.25. The van der Waals surface area contributed by atoms with Gasteiger partial charge in [-0.05, 0) is 55.2 Å². The monoisotopic (exact) mass is 274 g/mol. The van der Waals surface area contributed by atoms with Crippen molar-refractivity contribution in [3.63, 3.8) is 0 Å². The molecule has 0 amide bonds. The van der Waals surface area contributed by atoms with E-state index in [0.29, 0.717) is 18.4 Å². The van der Waals surface area contributed by atoms with E-state index in [2.05, 4.69) is 28.8 Å². The molecule has 20 heavy (non-hydrogen) atoms. The normalized spacial score (nSPS) is 25.2. The second kappa shape index (κ2) is 6.59. The molecule has 0 spiro atoms. The highest BCUT2D eigenvalue weighted by Gasteiger charge is 2.26. The van der Waals surface area contributed by atoms with Crippen molar-refractivity contribution in [2.45, 2.75) is 38.6 Å². The Hall–Kier alpha value is -1.06. The van der Waals surface area contributed by atoms with Crippen LogP contribution >= 0.6 is 0 Å². The lowest BCUT2D eigenvalue weighted by Gasteiger charge is -2.22. The van der Waals surface area contributed by atoms with Crippen LogP contribution in [0.4, 0.5) is 5.69 Å². The first-order valence-electron chi connectivity index (χ1n) is 8.04. The van der Waals surface area contributed by atoms with Gasteiger partial charge in [-0.1, -0.05) is 24.6 Å². The molecule has 3 nitrogen and oxygen atoms in total. The van der Waals surface area contributed by atoms with Gasteiger partial charge in [0, 0.05) is 25.4 Å². The molecule has 0 aromatic heterocycles. The van der Waals surface area contributed by atoms with E-state index in [1.807, 2.05) is 0 Å². The summed E-state index contributed by atoms with van der Waals surface area (Å²) in [7, 11) is 0. The molecule has 1 heterocycles. The minimum absolute atomic E-state index is 0.356. The molecule has 1 fully saturated rings. The second-order valence-corrected chi connectivity index (χ2v) is 6.25. The van der Waals surface area contributed by atoms with E-state index in [1.165, 1.54) is 48.9 Å². The Kier molecular flexibility index (Phi) is 4.58. The molecule has 2 aliphatic rings. The maximum absolute atomic E-state index is 9.37. The van der Waals surface area contributed by atoms with E-state index in [4.69, 9.17) is 0 Å². The van der Waals surface area contributed by atoms with Gasteiger partial charge in [-0.25, -0.2) is 0 Å². The van der Waals surface area contributed by atoms with Gasteiger partial charge in [0.2, 0.25) is 0 Å². The van der Waals surface area contributed by atoms with Gasteiger partial charge in [-0.15, -0.1) is 0 Å². The summed E-state index contributed by atoms with van der Waals surface area (Å²) in [6.07, 6.45) is 6.18. The maximum atomic E-state index is 9.37. The number of aliphatic hydroxyl groups is 1. The molecule has 3 N–H and O–H groups in total. The Morgan fingerprint density at radius 1 is 1.20 bits per heavy atom. The molecular weight excluding hydrogens is 248 g/mol. The minimum Gasteiger partial charge on any atom is -0.396 e. The summed E-state index contributed by atoms with van der Waals surface area (Å²) in [4.78, 5) is 0. The Balaban J connectivity index is 1.56. The molecule has 0 bridgehead atoms. The highest BCUT2D eigenvalue weighted by Crippen LogP contribution is 2.31. The van der Waals surface area contributed by atoms with E-state index in [0.717, 1.165) is 19.6 Å². The van der Waals surface area contributed by atoms with Gasteiger partial charge in [-0.3, -0.25) is 0 Å². The van der Waals surface area contributed by atoms with Crippen molar-refractivity contribution in [2.24, 2.45) is 11.8 Å². The highest BCUT2D eigenvalue weighted by atomic mass is 16.3. The minimum atomic E-state index is 0.356. The summed E-state index contributed by atoms with van der Waals surface area (Å²) in [5.41, 5.74) is 4.21. The molecular formula is C17H26N2O. The van der Waals surface area contributed by atoms with E-state index >= 15 is 0 Å². The summed E-state index contributed by atoms with van der Waals surface area (Å²) in [5, 5.41) is 16.5. The SMILES string of the molecule is OCC1CCCC1CNCc1cccc2c1NCCC2. The molecule has 1 aliphatic heterocycles. The first-order chi connectivity index (χ1) is 9.88. The number of hydrogen-bond acceptors (Lipinski definition) is 3. The fourth-order valence-electron chi connectivity index (χ4n) is 3.74. The van der Waals surface area contributed by atoms with Crippen LogP contribution in [0, 0.1) is 11.8 Å². The smallest absolute Gasteiger partial charge is 0.0462 e. The predicted octanol–water partition coefficient (Wildman–Crippen LogP) is 2.54. The zero-order valence-corrected chi connectivity index (χ0v) is 12.2. The van der Waals surface area contributed by atoms with Crippen molar-refractivity contribution >= 4 is 5.69 Å². The number of rotatable bonds is 5. The summed E-state index contributed by atoms with van der Waals surface area (Å²) < 4.78 is 0. The van der Waals surface area contributed by atoms with Gasteiger partial charge in [0.1, 0.15) is 0 Å². The van der Waals surface area contributed by atoms with Crippen molar-refractivity contribution in [3.05, 3.63) is 29.3 Å². The number of nitrogens with one attached hydrogen (secondary N) is 2. The third-order valence-electron chi connectivity index (χ3n) is 4.93. The number of fused-ring (bicyclic) bond motifs is 1. The van der Waals surface area contributed by atoms with E-state index in [1.54, 1.807) is 0 Å². The van der Waals surface area contributed by atoms with Crippen LogP contribution in [0.1, 0.15) is 36.8 Å². The van der Waals surface area contributed by atoms with E-state index in [-0.39, 0.29) is 0 Å². The number of aryl methyl sites for hydroxylation is 1. The lowest BCUT2D eigenvalue weighted by molar-refractivity contribution is 0.192. The Morgan fingerprint density at radius 3 is 3.00 bits per heavy atom. The van der Waals surface area contributed by atoms with Gasteiger partial charge < -0.3 is 15.7 Å². The molecule has 1 saturated carbocycles. The van der Waals surface area contributed by atoms with Gasteiger partial charge in [0.05, 0.1) is 0 Å². The fraction of sp³-hybridized carbons (Fsp3) is 0.647. The molecule has 1 aromatic carbocycles. The summed E-state index contributed by atoms with van der Waals surface area (Å²) in [5.74, 6) is 1.18. The number of benzene rings is 1. The summed E-state index contributed by atoms with van der Waals surface area (Å²) in [6, 6.07) is 6.64. The van der Waals surface area contributed by atoms with Crippen LogP contribution < -0.4 is 10.6 Å². The number of anilines is 1. The van der Waals surface area contributed by atoms with Gasteiger partial charge in [-0.2, -0.15) is 0 Å². The van der Waals surface area contributed by atoms with Crippen molar-refractivity contribution in [2.75, 3.05) is 25.0 Å². The van der Waals surface area contributed by atoms with Crippen LogP contribution in [0.5, 0.6) is 0 Å². The topological polar surface area (TPSA) is 44.3 Å². The lowest BCUT2D eigenvalue weighted by Crippen LogP contribution is -2.27. The molecule has 1 aliphatic carbocycles. The van der Waals surface area contributed by atoms with E-state index < -0.39 is 0 Å². The largest absolute Gasteiger partial charge is 0.396 e. The Morgan fingerprint density at radius 2 is 2.10 bits per heavy atom. The predicted molar refractivity (Wildman–Crippen MR) is 82.9 cm³/mol. The molecule has 2 atom stereocenters. The van der Waals surface area contributed by atoms with Crippen molar-refractivity contribution < 1.29 is 5.11 Å². The van der Waals surface area contributed by atoms with E-state index in [9.17, 15) is 5.11 Å². The van der Waals surface area contributed by atoms with Crippen LogP contribution in [0.25, 0.3) is 0 Å². The maximum Gasteiger partial charge on any atom is 0.0462 e. The van der Waals surface area contributed by atoms with Crippen LogP contribution in [0.2, 0.25) is 0 Å². The summed E-state index contributed by atoms with van der Waals surface area (Å²) >= 11 is 0. The number of aliphatic hydroxyl groups excluding tert-OH is 1. The third kappa shape index (κ3) is 2.99. The molecule has 110 valence electrons.